The molecular formula is C18H27N3O2S2. The molecule has 2 aromatic rings. The third kappa shape index (κ3) is 4.64. The van der Waals surface area contributed by atoms with Gasteiger partial charge in [-0.15, -0.1) is 23.1 Å². The maximum absolute atomic E-state index is 12.5. The number of carbonyl (C=O) groups is 1. The normalized spacial score (nSPS) is 12.5. The number of unbranched alkanes of at least 4 members (excludes halogenated alkanes) is 1. The van der Waals surface area contributed by atoms with Gasteiger partial charge < -0.3 is 9.88 Å². The average Bonchev–Trinajstić information content (AvgIpc) is 2.87. The molecule has 2 rings (SSSR count). The number of nitrogens with one attached hydrogen (secondary N) is 1. The van der Waals surface area contributed by atoms with Gasteiger partial charge in [0.15, 0.2) is 0 Å². The first kappa shape index (κ1) is 20.0. The Morgan fingerprint density at radius 2 is 2.08 bits per heavy atom. The zero-order chi connectivity index (χ0) is 18.6. The van der Waals surface area contributed by atoms with Gasteiger partial charge in [0.1, 0.15) is 10.7 Å². The van der Waals surface area contributed by atoms with Gasteiger partial charge >= 0.3 is 0 Å². The van der Waals surface area contributed by atoms with E-state index in [2.05, 4.69) is 16.9 Å². The number of thiophene rings is 1. The molecule has 0 saturated heterocycles. The molecule has 0 spiro atoms. The quantitative estimate of drug-likeness (QED) is 0.754. The van der Waals surface area contributed by atoms with Gasteiger partial charge in [-0.05, 0) is 39.7 Å². The summed E-state index contributed by atoms with van der Waals surface area (Å²) in [6.45, 7) is 11.6. The number of aryl methyl sites for hydroxylation is 2. The van der Waals surface area contributed by atoms with E-state index in [9.17, 15) is 9.59 Å². The number of hydrogen-bond donors (Lipinski definition) is 1. The van der Waals surface area contributed by atoms with E-state index in [0.717, 1.165) is 41.2 Å². The predicted molar refractivity (Wildman–Crippen MR) is 108 cm³/mol. The summed E-state index contributed by atoms with van der Waals surface area (Å²) in [4.78, 5) is 36.1. The Bertz CT molecular complexity index is 797. The number of aromatic amines is 1. The van der Waals surface area contributed by atoms with Crippen LogP contribution >= 0.6 is 23.1 Å². The van der Waals surface area contributed by atoms with Gasteiger partial charge in [0.25, 0.3) is 5.56 Å². The van der Waals surface area contributed by atoms with Crippen LogP contribution in [-0.2, 0) is 10.5 Å². The molecule has 138 valence electrons. The standard InChI is InChI=1S/C18H27N3O2S2/c1-6-8-9-21(7-2)18(23)13(5)24-10-14-19-16(22)15-11(3)12(4)25-17(15)20-14/h13H,6-10H2,1-5H3,(H,19,20,22). The Hall–Kier alpha value is -1.34. The second-order valence-electron chi connectivity index (χ2n) is 6.20. The summed E-state index contributed by atoms with van der Waals surface area (Å²) < 4.78 is 0. The van der Waals surface area contributed by atoms with Crippen LogP contribution in [0, 0.1) is 13.8 Å². The van der Waals surface area contributed by atoms with Crippen LogP contribution in [0.15, 0.2) is 4.79 Å². The summed E-state index contributed by atoms with van der Waals surface area (Å²) in [5.74, 6) is 1.33. The van der Waals surface area contributed by atoms with Crippen LogP contribution in [0.2, 0.25) is 0 Å². The van der Waals surface area contributed by atoms with Crippen molar-refractivity contribution in [3.05, 3.63) is 26.6 Å². The van der Waals surface area contributed by atoms with Crippen LogP contribution in [0.4, 0.5) is 0 Å². The van der Waals surface area contributed by atoms with E-state index in [0.29, 0.717) is 17.0 Å². The second-order valence-corrected chi connectivity index (χ2v) is 8.73. The number of H-pyrrole nitrogens is 1. The Kier molecular flexibility index (Phi) is 7.07. The molecule has 7 heteroatoms. The number of aromatic nitrogens is 2. The molecule has 1 N–H and O–H groups in total. The molecule has 0 aromatic carbocycles. The summed E-state index contributed by atoms with van der Waals surface area (Å²) in [5, 5.41) is 0.543. The molecular weight excluding hydrogens is 354 g/mol. The first-order chi connectivity index (χ1) is 11.9. The Morgan fingerprint density at radius 3 is 2.72 bits per heavy atom. The Balaban J connectivity index is 2.06. The third-order valence-electron chi connectivity index (χ3n) is 4.38. The van der Waals surface area contributed by atoms with Crippen molar-refractivity contribution in [3.63, 3.8) is 0 Å². The summed E-state index contributed by atoms with van der Waals surface area (Å²) in [6.07, 6.45) is 2.11. The number of hydrogen-bond acceptors (Lipinski definition) is 5. The first-order valence-corrected chi connectivity index (χ1v) is 10.6. The molecule has 0 aliphatic rings. The van der Waals surface area contributed by atoms with E-state index >= 15 is 0 Å². The van der Waals surface area contributed by atoms with Gasteiger partial charge in [0.05, 0.1) is 16.4 Å². The maximum Gasteiger partial charge on any atom is 0.259 e. The van der Waals surface area contributed by atoms with Crippen molar-refractivity contribution in [2.75, 3.05) is 13.1 Å². The lowest BCUT2D eigenvalue weighted by atomic mass is 10.2. The number of thioether (sulfide) groups is 1. The third-order valence-corrected chi connectivity index (χ3v) is 6.62. The van der Waals surface area contributed by atoms with E-state index in [4.69, 9.17) is 0 Å². The van der Waals surface area contributed by atoms with E-state index in [1.54, 1.807) is 11.3 Å². The molecule has 0 bridgehead atoms. The highest BCUT2D eigenvalue weighted by atomic mass is 32.2. The molecule has 0 aliphatic heterocycles. The van der Waals surface area contributed by atoms with Gasteiger partial charge in [-0.25, -0.2) is 4.98 Å². The van der Waals surface area contributed by atoms with Crippen molar-refractivity contribution in [1.82, 2.24) is 14.9 Å². The molecule has 2 aromatic heterocycles. The van der Waals surface area contributed by atoms with E-state index in [1.165, 1.54) is 11.8 Å². The smallest absolute Gasteiger partial charge is 0.259 e. The van der Waals surface area contributed by atoms with Crippen LogP contribution in [0.1, 0.15) is 49.9 Å². The van der Waals surface area contributed by atoms with Gasteiger partial charge in [-0.2, -0.15) is 0 Å². The number of carbonyl (C=O) groups excluding carboxylic acids is 1. The Morgan fingerprint density at radius 1 is 1.36 bits per heavy atom. The number of amides is 1. The van der Waals surface area contributed by atoms with Crippen molar-refractivity contribution in [2.24, 2.45) is 0 Å². The molecule has 5 nitrogen and oxygen atoms in total. The number of fused-ring (bicyclic) bond motifs is 1. The average molecular weight is 382 g/mol. The fourth-order valence-electron chi connectivity index (χ4n) is 2.67. The highest BCUT2D eigenvalue weighted by Gasteiger charge is 2.20. The SMILES string of the molecule is CCCCN(CC)C(=O)C(C)SCc1nc2sc(C)c(C)c2c(=O)[nH]1. The van der Waals surface area contributed by atoms with Crippen molar-refractivity contribution in [3.8, 4) is 0 Å². The number of rotatable bonds is 8. The van der Waals surface area contributed by atoms with Crippen molar-refractivity contribution in [2.45, 2.75) is 58.5 Å². The molecule has 25 heavy (non-hydrogen) atoms. The lowest BCUT2D eigenvalue weighted by Gasteiger charge is -2.24. The second kappa shape index (κ2) is 8.85. The lowest BCUT2D eigenvalue weighted by Crippen LogP contribution is -2.37. The van der Waals surface area contributed by atoms with Gasteiger partial charge in [-0.1, -0.05) is 13.3 Å². The van der Waals surface area contributed by atoms with Gasteiger partial charge in [-0.3, -0.25) is 9.59 Å². The van der Waals surface area contributed by atoms with Gasteiger partial charge in [0, 0.05) is 18.0 Å². The summed E-state index contributed by atoms with van der Waals surface area (Å²) in [5.41, 5.74) is 0.922. The molecule has 0 aliphatic carbocycles. The highest BCUT2D eigenvalue weighted by Crippen LogP contribution is 2.26. The zero-order valence-electron chi connectivity index (χ0n) is 15.6. The van der Waals surface area contributed by atoms with Crippen molar-refractivity contribution in [1.29, 1.82) is 0 Å². The van der Waals surface area contributed by atoms with Gasteiger partial charge in [0.2, 0.25) is 5.91 Å². The highest BCUT2D eigenvalue weighted by molar-refractivity contribution is 7.99. The van der Waals surface area contributed by atoms with Crippen molar-refractivity contribution < 1.29 is 4.79 Å². The fraction of sp³-hybridized carbons (Fsp3) is 0.611. The van der Waals surface area contributed by atoms with Crippen LogP contribution in [0.25, 0.3) is 10.2 Å². The molecule has 0 fully saturated rings. The first-order valence-electron chi connectivity index (χ1n) is 8.78. The maximum atomic E-state index is 12.5. The van der Waals surface area contributed by atoms with Crippen LogP contribution in [-0.4, -0.2) is 39.1 Å². The minimum Gasteiger partial charge on any atom is -0.342 e. The summed E-state index contributed by atoms with van der Waals surface area (Å²) in [7, 11) is 0. The molecule has 2 heterocycles. The van der Waals surface area contributed by atoms with Crippen LogP contribution < -0.4 is 5.56 Å². The fourth-order valence-corrected chi connectivity index (χ4v) is 4.56. The van der Waals surface area contributed by atoms with E-state index in [-0.39, 0.29) is 16.7 Å². The molecule has 1 unspecified atom stereocenters. The van der Waals surface area contributed by atoms with Crippen LogP contribution in [0.5, 0.6) is 0 Å². The minimum atomic E-state index is -0.149. The topological polar surface area (TPSA) is 66.1 Å². The molecule has 0 radical (unpaired) electrons. The summed E-state index contributed by atoms with van der Waals surface area (Å²) in [6, 6.07) is 0. The Labute approximate surface area is 157 Å². The van der Waals surface area contributed by atoms with E-state index < -0.39 is 0 Å². The summed E-state index contributed by atoms with van der Waals surface area (Å²) >= 11 is 3.07. The minimum absolute atomic E-state index is 0.0837. The van der Waals surface area contributed by atoms with Crippen molar-refractivity contribution >= 4 is 39.2 Å². The molecule has 0 saturated carbocycles. The zero-order valence-corrected chi connectivity index (χ0v) is 17.3. The predicted octanol–water partition coefficient (Wildman–Crippen LogP) is 3.87. The van der Waals surface area contributed by atoms with Crippen LogP contribution in [0.3, 0.4) is 0 Å². The van der Waals surface area contributed by atoms with E-state index in [1.807, 2.05) is 32.6 Å². The monoisotopic (exact) mass is 381 g/mol. The largest absolute Gasteiger partial charge is 0.342 e. The molecule has 1 atom stereocenters. The number of nitrogens with zero attached hydrogens (tertiary/aromatic N) is 2. The molecule has 1 amide bonds. The lowest BCUT2D eigenvalue weighted by molar-refractivity contribution is -0.130.